The molecule has 1 aliphatic carbocycles. The molecule has 1 aliphatic rings. The number of anilines is 1. The molecule has 0 unspecified atom stereocenters. The zero-order valence-corrected chi connectivity index (χ0v) is 13.8. The predicted molar refractivity (Wildman–Crippen MR) is 95.1 cm³/mol. The maximum absolute atomic E-state index is 12.4. The van der Waals surface area contributed by atoms with E-state index in [9.17, 15) is 14.9 Å². The summed E-state index contributed by atoms with van der Waals surface area (Å²) in [7, 11) is 0. The minimum atomic E-state index is -0.739. The molecule has 3 rings (SSSR count). The van der Waals surface area contributed by atoms with Gasteiger partial charge in [0.1, 0.15) is 5.54 Å². The van der Waals surface area contributed by atoms with Gasteiger partial charge in [0, 0.05) is 16.8 Å². The molecule has 1 fully saturated rings. The Morgan fingerprint density at radius 1 is 0.880 bits per heavy atom. The van der Waals surface area contributed by atoms with Gasteiger partial charge < -0.3 is 10.6 Å². The highest BCUT2D eigenvalue weighted by molar-refractivity contribution is 6.04. The fraction of sp³-hybridized carbons (Fsp3) is 0.250. The summed E-state index contributed by atoms with van der Waals surface area (Å²) in [6, 6.07) is 17.8. The third-order valence-electron chi connectivity index (χ3n) is 4.46. The maximum atomic E-state index is 12.4. The van der Waals surface area contributed by atoms with E-state index in [1.807, 2.05) is 6.07 Å². The van der Waals surface area contributed by atoms with Crippen LogP contribution in [0.15, 0.2) is 54.6 Å². The van der Waals surface area contributed by atoms with Crippen molar-refractivity contribution in [3.05, 3.63) is 65.7 Å². The standard InChI is InChI=1S/C20H19N3O2/c21-14-20(12-4-5-13-20)23-19(25)16-8-10-17(11-9-16)22-18(24)15-6-2-1-3-7-15/h1-3,6-11H,4-5,12-13H2,(H,22,24)(H,23,25). The molecule has 126 valence electrons. The van der Waals surface area contributed by atoms with Gasteiger partial charge in [-0.1, -0.05) is 18.2 Å². The highest BCUT2D eigenvalue weighted by atomic mass is 16.2. The molecular weight excluding hydrogens is 314 g/mol. The number of hydrogen-bond donors (Lipinski definition) is 2. The summed E-state index contributed by atoms with van der Waals surface area (Å²) >= 11 is 0. The highest BCUT2D eigenvalue weighted by Gasteiger charge is 2.35. The molecule has 2 amide bonds. The van der Waals surface area contributed by atoms with E-state index in [-0.39, 0.29) is 11.8 Å². The number of carbonyl (C=O) groups is 2. The van der Waals surface area contributed by atoms with E-state index >= 15 is 0 Å². The molecule has 0 aliphatic heterocycles. The number of nitrogens with zero attached hydrogens (tertiary/aromatic N) is 1. The third kappa shape index (κ3) is 3.86. The summed E-state index contributed by atoms with van der Waals surface area (Å²) < 4.78 is 0. The molecular formula is C20H19N3O2. The van der Waals surface area contributed by atoms with Crippen LogP contribution in [-0.2, 0) is 0 Å². The van der Waals surface area contributed by atoms with Crippen LogP contribution in [0.4, 0.5) is 5.69 Å². The van der Waals surface area contributed by atoms with Crippen molar-refractivity contribution >= 4 is 17.5 Å². The van der Waals surface area contributed by atoms with E-state index in [1.54, 1.807) is 48.5 Å². The number of amides is 2. The quantitative estimate of drug-likeness (QED) is 0.898. The van der Waals surface area contributed by atoms with Crippen LogP contribution in [0, 0.1) is 11.3 Å². The van der Waals surface area contributed by atoms with Gasteiger partial charge >= 0.3 is 0 Å². The van der Waals surface area contributed by atoms with E-state index in [4.69, 9.17) is 0 Å². The van der Waals surface area contributed by atoms with Crippen molar-refractivity contribution in [3.8, 4) is 6.07 Å². The molecule has 1 saturated carbocycles. The van der Waals surface area contributed by atoms with Crippen molar-refractivity contribution in [1.29, 1.82) is 5.26 Å². The Hall–Kier alpha value is -3.13. The number of rotatable bonds is 4. The van der Waals surface area contributed by atoms with Crippen LogP contribution in [0.1, 0.15) is 46.4 Å². The first kappa shape index (κ1) is 16.7. The second-order valence-electron chi connectivity index (χ2n) is 6.25. The van der Waals surface area contributed by atoms with Crippen molar-refractivity contribution < 1.29 is 9.59 Å². The van der Waals surface area contributed by atoms with E-state index in [0.29, 0.717) is 29.7 Å². The first-order valence-corrected chi connectivity index (χ1v) is 8.32. The second kappa shape index (κ2) is 7.18. The Kier molecular flexibility index (Phi) is 4.80. The van der Waals surface area contributed by atoms with Crippen LogP contribution >= 0.6 is 0 Å². The molecule has 5 heteroatoms. The SMILES string of the molecule is N#CC1(NC(=O)c2ccc(NC(=O)c3ccccc3)cc2)CCCC1. The van der Waals surface area contributed by atoms with Gasteiger partial charge in [-0.05, 0) is 62.1 Å². The first-order valence-electron chi connectivity index (χ1n) is 8.32. The summed E-state index contributed by atoms with van der Waals surface area (Å²) in [5.74, 6) is -0.462. The Balaban J connectivity index is 1.65. The molecule has 25 heavy (non-hydrogen) atoms. The van der Waals surface area contributed by atoms with Gasteiger partial charge in [-0.25, -0.2) is 0 Å². The van der Waals surface area contributed by atoms with Crippen molar-refractivity contribution in [2.24, 2.45) is 0 Å². The second-order valence-corrected chi connectivity index (χ2v) is 6.25. The molecule has 2 N–H and O–H groups in total. The van der Waals surface area contributed by atoms with Gasteiger partial charge in [0.25, 0.3) is 11.8 Å². The van der Waals surface area contributed by atoms with Crippen LogP contribution in [0.5, 0.6) is 0 Å². The van der Waals surface area contributed by atoms with Gasteiger partial charge in [-0.15, -0.1) is 0 Å². The molecule has 5 nitrogen and oxygen atoms in total. The number of benzene rings is 2. The molecule has 0 atom stereocenters. The van der Waals surface area contributed by atoms with E-state index in [1.165, 1.54) is 0 Å². The molecule has 0 heterocycles. The van der Waals surface area contributed by atoms with Gasteiger partial charge in [0.05, 0.1) is 6.07 Å². The van der Waals surface area contributed by atoms with Gasteiger partial charge in [-0.2, -0.15) is 5.26 Å². The largest absolute Gasteiger partial charge is 0.334 e. The van der Waals surface area contributed by atoms with E-state index in [0.717, 1.165) is 12.8 Å². The van der Waals surface area contributed by atoms with Crippen LogP contribution in [0.2, 0.25) is 0 Å². The molecule has 0 saturated heterocycles. The van der Waals surface area contributed by atoms with Crippen molar-refractivity contribution in [2.75, 3.05) is 5.32 Å². The average Bonchev–Trinajstić information content (AvgIpc) is 3.12. The summed E-state index contributed by atoms with van der Waals surface area (Å²) in [5, 5.41) is 15.0. The molecule has 0 aromatic heterocycles. The molecule has 0 spiro atoms. The van der Waals surface area contributed by atoms with Gasteiger partial charge in [-0.3, -0.25) is 9.59 Å². The number of nitrogens with one attached hydrogen (secondary N) is 2. The molecule has 2 aromatic rings. The lowest BCUT2D eigenvalue weighted by atomic mass is 9.99. The van der Waals surface area contributed by atoms with Crippen molar-refractivity contribution in [2.45, 2.75) is 31.2 Å². The predicted octanol–water partition coefficient (Wildman–Crippen LogP) is 3.51. The molecule has 0 bridgehead atoms. The zero-order valence-electron chi connectivity index (χ0n) is 13.8. The summed E-state index contributed by atoms with van der Waals surface area (Å²) in [4.78, 5) is 24.5. The lowest BCUT2D eigenvalue weighted by molar-refractivity contribution is 0.0920. The lowest BCUT2D eigenvalue weighted by Gasteiger charge is -2.22. The smallest absolute Gasteiger partial charge is 0.255 e. The van der Waals surface area contributed by atoms with E-state index < -0.39 is 5.54 Å². The first-order chi connectivity index (χ1) is 12.1. The van der Waals surface area contributed by atoms with Crippen LogP contribution in [-0.4, -0.2) is 17.4 Å². The fourth-order valence-electron chi connectivity index (χ4n) is 3.03. The van der Waals surface area contributed by atoms with Crippen LogP contribution in [0.25, 0.3) is 0 Å². The fourth-order valence-corrected chi connectivity index (χ4v) is 3.03. The minimum absolute atomic E-state index is 0.202. The average molecular weight is 333 g/mol. The maximum Gasteiger partial charge on any atom is 0.255 e. The van der Waals surface area contributed by atoms with Gasteiger partial charge in [0.15, 0.2) is 0 Å². The van der Waals surface area contributed by atoms with Gasteiger partial charge in [0.2, 0.25) is 0 Å². The summed E-state index contributed by atoms with van der Waals surface area (Å²) in [6.07, 6.45) is 3.30. The minimum Gasteiger partial charge on any atom is -0.334 e. The number of hydrogen-bond acceptors (Lipinski definition) is 3. The highest BCUT2D eigenvalue weighted by Crippen LogP contribution is 2.29. The Morgan fingerprint density at radius 3 is 2.08 bits per heavy atom. The lowest BCUT2D eigenvalue weighted by Crippen LogP contribution is -2.45. The number of nitriles is 1. The van der Waals surface area contributed by atoms with Crippen LogP contribution < -0.4 is 10.6 Å². The van der Waals surface area contributed by atoms with Crippen molar-refractivity contribution in [3.63, 3.8) is 0 Å². The summed E-state index contributed by atoms with van der Waals surface area (Å²) in [5.41, 5.74) is 0.916. The molecule has 0 radical (unpaired) electrons. The monoisotopic (exact) mass is 333 g/mol. The third-order valence-corrected chi connectivity index (χ3v) is 4.46. The topological polar surface area (TPSA) is 82.0 Å². The van der Waals surface area contributed by atoms with Crippen molar-refractivity contribution in [1.82, 2.24) is 5.32 Å². The number of carbonyl (C=O) groups excluding carboxylic acids is 2. The Bertz CT molecular complexity index is 801. The Labute approximate surface area is 146 Å². The van der Waals surface area contributed by atoms with Crippen LogP contribution in [0.3, 0.4) is 0 Å². The normalized spacial score (nSPS) is 15.2. The van der Waals surface area contributed by atoms with E-state index in [2.05, 4.69) is 16.7 Å². The Morgan fingerprint density at radius 2 is 1.48 bits per heavy atom. The molecule has 2 aromatic carbocycles. The zero-order chi connectivity index (χ0) is 17.7. The summed E-state index contributed by atoms with van der Waals surface area (Å²) in [6.45, 7) is 0.